The zero-order chi connectivity index (χ0) is 13.1. The third-order valence-electron chi connectivity index (χ3n) is 2.27. The molecule has 0 fully saturated rings. The number of hydrogen-bond acceptors (Lipinski definition) is 3. The van der Waals surface area contributed by atoms with Gasteiger partial charge in [-0.25, -0.2) is 8.78 Å². The van der Waals surface area contributed by atoms with E-state index < -0.39 is 11.6 Å². The zero-order valence-electron chi connectivity index (χ0n) is 9.15. The Hall–Kier alpha value is -2.06. The summed E-state index contributed by atoms with van der Waals surface area (Å²) < 4.78 is 25.8. The van der Waals surface area contributed by atoms with Crippen LogP contribution < -0.4 is 5.73 Å². The van der Waals surface area contributed by atoms with Crippen LogP contribution in [0.25, 0.3) is 0 Å². The Kier molecular flexibility index (Phi) is 3.49. The van der Waals surface area contributed by atoms with Crippen LogP contribution in [0.3, 0.4) is 0 Å². The fraction of sp³-hybridized carbons (Fsp3) is 0. The van der Waals surface area contributed by atoms with Crippen LogP contribution in [-0.4, -0.2) is 0 Å². The molecule has 0 radical (unpaired) electrons. The second-order valence-corrected chi connectivity index (χ2v) is 4.69. The Balaban J connectivity index is 2.26. The number of nitriles is 1. The van der Waals surface area contributed by atoms with Crippen LogP contribution in [0.5, 0.6) is 0 Å². The molecular weight excluding hydrogens is 254 g/mol. The van der Waals surface area contributed by atoms with E-state index in [1.54, 1.807) is 18.2 Å². The topological polar surface area (TPSA) is 49.8 Å². The van der Waals surface area contributed by atoms with E-state index in [2.05, 4.69) is 0 Å². The van der Waals surface area contributed by atoms with Gasteiger partial charge in [-0.15, -0.1) is 0 Å². The number of halogens is 2. The number of nitrogens with zero attached hydrogens (tertiary/aromatic N) is 1. The van der Waals surface area contributed by atoms with Crippen LogP contribution in [0, 0.1) is 23.0 Å². The molecule has 0 unspecified atom stereocenters. The minimum atomic E-state index is -0.887. The molecule has 0 atom stereocenters. The summed E-state index contributed by atoms with van der Waals surface area (Å²) in [5.41, 5.74) is 6.43. The highest BCUT2D eigenvalue weighted by Crippen LogP contribution is 2.30. The minimum absolute atomic E-state index is 0.366. The molecule has 0 bridgehead atoms. The summed E-state index contributed by atoms with van der Waals surface area (Å²) in [6.45, 7) is 0. The van der Waals surface area contributed by atoms with Gasteiger partial charge >= 0.3 is 0 Å². The fourth-order valence-electron chi connectivity index (χ4n) is 1.38. The SMILES string of the molecule is N#Cc1ccc(Sc2ccc(F)c(F)c2)cc1N. The van der Waals surface area contributed by atoms with Crippen molar-refractivity contribution in [3.8, 4) is 6.07 Å². The molecule has 18 heavy (non-hydrogen) atoms. The molecule has 2 nitrogen and oxygen atoms in total. The molecule has 2 aromatic rings. The van der Waals surface area contributed by atoms with Gasteiger partial charge in [0.05, 0.1) is 11.3 Å². The Morgan fingerprint density at radius 2 is 1.67 bits per heavy atom. The van der Waals surface area contributed by atoms with Gasteiger partial charge in [-0.2, -0.15) is 5.26 Å². The van der Waals surface area contributed by atoms with E-state index in [9.17, 15) is 8.78 Å². The zero-order valence-corrected chi connectivity index (χ0v) is 9.97. The van der Waals surface area contributed by atoms with E-state index in [1.807, 2.05) is 6.07 Å². The van der Waals surface area contributed by atoms with Gasteiger partial charge in [-0.3, -0.25) is 0 Å². The highest BCUT2D eigenvalue weighted by molar-refractivity contribution is 7.99. The van der Waals surface area contributed by atoms with Crippen molar-refractivity contribution in [2.75, 3.05) is 5.73 Å². The van der Waals surface area contributed by atoms with Gasteiger partial charge in [0, 0.05) is 9.79 Å². The maximum atomic E-state index is 13.0. The maximum absolute atomic E-state index is 13.0. The van der Waals surface area contributed by atoms with Crippen LogP contribution in [0.1, 0.15) is 5.56 Å². The normalized spacial score (nSPS) is 10.1. The molecule has 0 aromatic heterocycles. The molecule has 0 aliphatic carbocycles. The van der Waals surface area contributed by atoms with E-state index in [-0.39, 0.29) is 0 Å². The van der Waals surface area contributed by atoms with Crippen molar-refractivity contribution >= 4 is 17.4 Å². The molecule has 0 saturated heterocycles. The van der Waals surface area contributed by atoms with E-state index in [4.69, 9.17) is 11.0 Å². The molecule has 2 rings (SSSR count). The average Bonchev–Trinajstić information content (AvgIpc) is 2.34. The van der Waals surface area contributed by atoms with Crippen molar-refractivity contribution in [3.63, 3.8) is 0 Å². The van der Waals surface area contributed by atoms with Crippen molar-refractivity contribution in [1.29, 1.82) is 5.26 Å². The Morgan fingerprint density at radius 1 is 1.00 bits per heavy atom. The molecule has 0 saturated carbocycles. The molecule has 0 spiro atoms. The molecule has 5 heteroatoms. The standard InChI is InChI=1S/C13H8F2N2S/c14-11-4-3-9(5-12(11)15)18-10-2-1-8(7-16)13(17)6-10/h1-6H,17H2. The highest BCUT2D eigenvalue weighted by atomic mass is 32.2. The summed E-state index contributed by atoms with van der Waals surface area (Å²) in [4.78, 5) is 1.33. The molecule has 0 amide bonds. The second-order valence-electron chi connectivity index (χ2n) is 3.54. The molecular formula is C13H8F2N2S. The van der Waals surface area contributed by atoms with Crippen molar-refractivity contribution in [2.45, 2.75) is 9.79 Å². The number of nitrogens with two attached hydrogens (primary N) is 1. The van der Waals surface area contributed by atoms with Gasteiger partial charge < -0.3 is 5.73 Å². The van der Waals surface area contributed by atoms with Gasteiger partial charge in [-0.05, 0) is 36.4 Å². The van der Waals surface area contributed by atoms with Gasteiger partial charge in [0.25, 0.3) is 0 Å². The molecule has 0 aliphatic rings. The summed E-state index contributed by atoms with van der Waals surface area (Å²) in [6, 6.07) is 10.6. The fourth-order valence-corrected chi connectivity index (χ4v) is 2.28. The highest BCUT2D eigenvalue weighted by Gasteiger charge is 2.05. The summed E-state index contributed by atoms with van der Waals surface area (Å²) in [5, 5.41) is 8.74. The van der Waals surface area contributed by atoms with E-state index in [0.29, 0.717) is 16.1 Å². The van der Waals surface area contributed by atoms with Crippen LogP contribution in [-0.2, 0) is 0 Å². The Bertz CT molecular complexity index is 635. The minimum Gasteiger partial charge on any atom is -0.398 e. The first-order valence-electron chi connectivity index (χ1n) is 5.02. The first kappa shape index (κ1) is 12.4. The van der Waals surface area contributed by atoms with Crippen molar-refractivity contribution < 1.29 is 8.78 Å². The monoisotopic (exact) mass is 262 g/mol. The van der Waals surface area contributed by atoms with E-state index in [1.165, 1.54) is 17.8 Å². The molecule has 0 heterocycles. The molecule has 0 aliphatic heterocycles. The van der Waals surface area contributed by atoms with Crippen molar-refractivity contribution in [2.24, 2.45) is 0 Å². The van der Waals surface area contributed by atoms with Gasteiger partial charge in [0.15, 0.2) is 11.6 Å². The quantitative estimate of drug-likeness (QED) is 0.842. The number of anilines is 1. The number of nitrogen functional groups attached to an aromatic ring is 1. The first-order chi connectivity index (χ1) is 8.60. The average molecular weight is 262 g/mol. The predicted molar refractivity (Wildman–Crippen MR) is 66.1 cm³/mol. The summed E-state index contributed by atoms with van der Waals surface area (Å²) in [7, 11) is 0. The molecule has 2 aromatic carbocycles. The lowest BCUT2D eigenvalue weighted by atomic mass is 10.2. The summed E-state index contributed by atoms with van der Waals surface area (Å²) >= 11 is 1.25. The van der Waals surface area contributed by atoms with Crippen LogP contribution in [0.15, 0.2) is 46.2 Å². The van der Waals surface area contributed by atoms with Gasteiger partial charge in [0.2, 0.25) is 0 Å². The van der Waals surface area contributed by atoms with E-state index >= 15 is 0 Å². The Morgan fingerprint density at radius 3 is 2.28 bits per heavy atom. The van der Waals surface area contributed by atoms with Gasteiger partial charge in [0.1, 0.15) is 6.07 Å². The first-order valence-corrected chi connectivity index (χ1v) is 5.84. The third kappa shape index (κ3) is 2.60. The third-order valence-corrected chi connectivity index (χ3v) is 3.25. The summed E-state index contributed by atoms with van der Waals surface area (Å²) in [6.07, 6.45) is 0. The summed E-state index contributed by atoms with van der Waals surface area (Å²) in [5.74, 6) is -1.76. The predicted octanol–water partition coefficient (Wildman–Crippen LogP) is 3.57. The van der Waals surface area contributed by atoms with E-state index in [0.717, 1.165) is 17.0 Å². The largest absolute Gasteiger partial charge is 0.398 e. The number of benzene rings is 2. The van der Waals surface area contributed by atoms with Crippen LogP contribution >= 0.6 is 11.8 Å². The van der Waals surface area contributed by atoms with Crippen molar-refractivity contribution in [1.82, 2.24) is 0 Å². The lowest BCUT2D eigenvalue weighted by Gasteiger charge is -2.04. The molecule has 90 valence electrons. The Labute approximate surface area is 107 Å². The second kappa shape index (κ2) is 5.07. The lowest BCUT2D eigenvalue weighted by molar-refractivity contribution is 0.506. The van der Waals surface area contributed by atoms with Crippen LogP contribution in [0.4, 0.5) is 14.5 Å². The lowest BCUT2D eigenvalue weighted by Crippen LogP contribution is -1.90. The van der Waals surface area contributed by atoms with Gasteiger partial charge in [-0.1, -0.05) is 11.8 Å². The molecule has 2 N–H and O–H groups in total. The van der Waals surface area contributed by atoms with Crippen molar-refractivity contribution in [3.05, 3.63) is 53.6 Å². The smallest absolute Gasteiger partial charge is 0.159 e. The maximum Gasteiger partial charge on any atom is 0.159 e. The van der Waals surface area contributed by atoms with Crippen LogP contribution in [0.2, 0.25) is 0 Å². The number of rotatable bonds is 2. The number of hydrogen-bond donors (Lipinski definition) is 1.